The van der Waals surface area contributed by atoms with E-state index in [1.165, 1.54) is 11.8 Å². The predicted octanol–water partition coefficient (Wildman–Crippen LogP) is 2.05. The summed E-state index contributed by atoms with van der Waals surface area (Å²) < 4.78 is 23.8. The Balaban J connectivity index is 1.60. The number of hydrogen-bond acceptors (Lipinski definition) is 7. The lowest BCUT2D eigenvalue weighted by Crippen LogP contribution is -2.36. The highest BCUT2D eigenvalue weighted by molar-refractivity contribution is 8.15. The van der Waals surface area contributed by atoms with E-state index in [1.54, 1.807) is 6.07 Å². The van der Waals surface area contributed by atoms with Crippen molar-refractivity contribution in [3.63, 3.8) is 0 Å². The number of aryl methyl sites for hydroxylation is 3. The van der Waals surface area contributed by atoms with Gasteiger partial charge in [0.2, 0.25) is 5.91 Å². The summed E-state index contributed by atoms with van der Waals surface area (Å²) >= 11 is 1.45. The molecule has 10 heteroatoms. The van der Waals surface area contributed by atoms with Crippen molar-refractivity contribution in [1.82, 2.24) is 10.2 Å². The van der Waals surface area contributed by atoms with Crippen LogP contribution < -0.4 is 10.2 Å². The molecule has 4 rings (SSSR count). The van der Waals surface area contributed by atoms with E-state index in [0.29, 0.717) is 11.0 Å². The summed E-state index contributed by atoms with van der Waals surface area (Å²) in [6.45, 7) is 5.94. The lowest BCUT2D eigenvalue weighted by Gasteiger charge is -2.24. The summed E-state index contributed by atoms with van der Waals surface area (Å²) in [4.78, 5) is 19.3. The van der Waals surface area contributed by atoms with Crippen molar-refractivity contribution in [3.8, 4) is 0 Å². The average Bonchev–Trinajstić information content (AvgIpc) is 3.24. The lowest BCUT2D eigenvalue weighted by molar-refractivity contribution is -0.114. The number of fused-ring (bicyclic) bond motifs is 1. The van der Waals surface area contributed by atoms with Crippen LogP contribution in [0.25, 0.3) is 0 Å². The third-order valence-corrected chi connectivity index (χ3v) is 8.08. The molecule has 154 valence electrons. The van der Waals surface area contributed by atoms with Crippen LogP contribution in [0.15, 0.2) is 29.3 Å². The molecule has 0 spiro atoms. The van der Waals surface area contributed by atoms with Crippen molar-refractivity contribution < 1.29 is 13.2 Å². The number of amidine groups is 1. The SMILES string of the molecule is Cc1cc(C)cc(N(CC(=O)Nc2cc(C)[nH]n2)C2=N[C@@H]3CS(=O)(=O)C[C@H]3S2)c1. The zero-order chi connectivity index (χ0) is 20.8. The Morgan fingerprint density at radius 3 is 2.55 bits per heavy atom. The van der Waals surface area contributed by atoms with Crippen LogP contribution in [0.4, 0.5) is 11.5 Å². The van der Waals surface area contributed by atoms with Gasteiger partial charge in [0, 0.05) is 22.7 Å². The van der Waals surface area contributed by atoms with E-state index in [1.807, 2.05) is 37.8 Å². The second-order valence-electron chi connectivity index (χ2n) is 7.63. The predicted molar refractivity (Wildman–Crippen MR) is 116 cm³/mol. The number of rotatable bonds is 4. The monoisotopic (exact) mass is 433 g/mol. The van der Waals surface area contributed by atoms with Gasteiger partial charge in [0.1, 0.15) is 6.54 Å². The number of thioether (sulfide) groups is 1. The molecule has 8 nitrogen and oxygen atoms in total. The average molecular weight is 434 g/mol. The minimum Gasteiger partial charge on any atom is -0.312 e. The molecule has 1 fully saturated rings. The Bertz CT molecular complexity index is 1070. The zero-order valence-corrected chi connectivity index (χ0v) is 18.1. The minimum absolute atomic E-state index is 0.0623. The van der Waals surface area contributed by atoms with E-state index < -0.39 is 9.84 Å². The third kappa shape index (κ3) is 4.48. The Labute approximate surface area is 174 Å². The first-order valence-corrected chi connectivity index (χ1v) is 12.0. The van der Waals surface area contributed by atoms with Crippen LogP contribution in [0.1, 0.15) is 16.8 Å². The molecule has 2 N–H and O–H groups in total. The number of aromatic amines is 1. The summed E-state index contributed by atoms with van der Waals surface area (Å²) in [6.07, 6.45) is 0. The van der Waals surface area contributed by atoms with E-state index in [-0.39, 0.29) is 35.2 Å². The summed E-state index contributed by atoms with van der Waals surface area (Å²) in [5, 5.41) is 10.2. The van der Waals surface area contributed by atoms with E-state index in [9.17, 15) is 13.2 Å². The number of nitrogens with one attached hydrogen (secondary N) is 2. The van der Waals surface area contributed by atoms with Gasteiger partial charge in [-0.15, -0.1) is 0 Å². The summed E-state index contributed by atoms with van der Waals surface area (Å²) in [7, 11) is -3.03. The van der Waals surface area contributed by atoms with Gasteiger partial charge in [-0.05, 0) is 44.0 Å². The Hall–Kier alpha value is -2.33. The molecular formula is C19H23N5O3S2. The van der Waals surface area contributed by atoms with Gasteiger partial charge in [0.15, 0.2) is 20.8 Å². The first-order valence-electron chi connectivity index (χ1n) is 9.31. The zero-order valence-electron chi connectivity index (χ0n) is 16.5. The molecule has 0 radical (unpaired) electrons. The van der Waals surface area contributed by atoms with Crippen LogP contribution in [0.3, 0.4) is 0 Å². The maximum atomic E-state index is 12.7. The highest BCUT2D eigenvalue weighted by Gasteiger charge is 2.44. The Morgan fingerprint density at radius 2 is 1.93 bits per heavy atom. The summed E-state index contributed by atoms with van der Waals surface area (Å²) in [6, 6.07) is 7.60. The molecule has 2 aromatic rings. The number of carbonyl (C=O) groups is 1. The molecule has 0 unspecified atom stereocenters. The van der Waals surface area contributed by atoms with Crippen molar-refractivity contribution in [3.05, 3.63) is 41.1 Å². The van der Waals surface area contributed by atoms with Gasteiger partial charge in [0.25, 0.3) is 0 Å². The van der Waals surface area contributed by atoms with Crippen molar-refractivity contribution in [2.45, 2.75) is 32.1 Å². The second-order valence-corrected chi connectivity index (χ2v) is 11.0. The third-order valence-electron chi connectivity index (χ3n) is 4.83. The number of amides is 1. The second kappa shape index (κ2) is 7.49. The lowest BCUT2D eigenvalue weighted by atomic mass is 10.1. The van der Waals surface area contributed by atoms with E-state index in [2.05, 4.69) is 26.6 Å². The topological polar surface area (TPSA) is 108 Å². The summed E-state index contributed by atoms with van der Waals surface area (Å²) in [5.74, 6) is 0.461. The fourth-order valence-corrected chi connectivity index (χ4v) is 7.44. The number of hydrogen-bond donors (Lipinski definition) is 2. The Morgan fingerprint density at radius 1 is 1.21 bits per heavy atom. The van der Waals surface area contributed by atoms with Gasteiger partial charge < -0.3 is 10.2 Å². The highest BCUT2D eigenvalue weighted by Crippen LogP contribution is 2.37. The number of H-pyrrole nitrogens is 1. The smallest absolute Gasteiger partial charge is 0.245 e. The molecule has 1 aromatic carbocycles. The van der Waals surface area contributed by atoms with Gasteiger partial charge in [-0.25, -0.2) is 8.42 Å². The highest BCUT2D eigenvalue weighted by atomic mass is 32.2. The first-order chi connectivity index (χ1) is 13.7. The fourth-order valence-electron chi connectivity index (χ4n) is 3.65. The molecule has 0 bridgehead atoms. The molecule has 3 heterocycles. The standard InChI is InChI=1S/C19H23N5O3S2/c1-11-4-12(2)6-14(5-11)24(8-18(25)21-17-7-13(3)22-23-17)19-20-15-9-29(26,27)10-16(15)28-19/h4-7,15-16H,8-10H2,1-3H3,(H2,21,22,23,25)/t15-,16-/m1/s1. The number of aliphatic imine (C=N–C) groups is 1. The number of anilines is 2. The van der Waals surface area contributed by atoms with Gasteiger partial charge >= 0.3 is 0 Å². The van der Waals surface area contributed by atoms with Gasteiger partial charge in [-0.3, -0.25) is 14.9 Å². The van der Waals surface area contributed by atoms with Crippen LogP contribution >= 0.6 is 11.8 Å². The summed E-state index contributed by atoms with van der Waals surface area (Å²) in [5.41, 5.74) is 3.89. The van der Waals surface area contributed by atoms with Crippen molar-refractivity contribution in [2.75, 3.05) is 28.3 Å². The minimum atomic E-state index is -3.03. The van der Waals surface area contributed by atoms with Crippen LogP contribution in [0.2, 0.25) is 0 Å². The van der Waals surface area contributed by atoms with E-state index in [0.717, 1.165) is 22.5 Å². The fraction of sp³-hybridized carbons (Fsp3) is 0.421. The number of benzene rings is 1. The molecular weight excluding hydrogens is 410 g/mol. The molecule has 1 aromatic heterocycles. The number of sulfone groups is 1. The number of nitrogens with zero attached hydrogens (tertiary/aromatic N) is 3. The quantitative estimate of drug-likeness (QED) is 0.764. The van der Waals surface area contributed by atoms with Gasteiger partial charge in [-0.1, -0.05) is 17.8 Å². The number of aromatic nitrogens is 2. The van der Waals surface area contributed by atoms with E-state index in [4.69, 9.17) is 0 Å². The molecule has 29 heavy (non-hydrogen) atoms. The molecule has 2 aliphatic heterocycles. The first kappa shape index (κ1) is 20.0. The van der Waals surface area contributed by atoms with Crippen LogP contribution in [-0.4, -0.2) is 59.0 Å². The molecule has 2 aliphatic rings. The normalized spacial score (nSPS) is 22.2. The van der Waals surface area contributed by atoms with Crippen molar-refractivity contribution in [1.29, 1.82) is 0 Å². The van der Waals surface area contributed by atoms with Gasteiger partial charge in [-0.2, -0.15) is 5.10 Å². The van der Waals surface area contributed by atoms with Crippen LogP contribution in [-0.2, 0) is 14.6 Å². The van der Waals surface area contributed by atoms with Crippen LogP contribution in [0, 0.1) is 20.8 Å². The maximum Gasteiger partial charge on any atom is 0.245 e. The Kier molecular flexibility index (Phi) is 5.16. The van der Waals surface area contributed by atoms with E-state index >= 15 is 0 Å². The maximum absolute atomic E-state index is 12.7. The van der Waals surface area contributed by atoms with Crippen molar-refractivity contribution in [2.24, 2.45) is 4.99 Å². The van der Waals surface area contributed by atoms with Gasteiger partial charge in [0.05, 0.1) is 17.5 Å². The molecule has 2 atom stereocenters. The molecule has 1 saturated heterocycles. The molecule has 0 saturated carbocycles. The number of carbonyl (C=O) groups excluding carboxylic acids is 1. The largest absolute Gasteiger partial charge is 0.312 e. The molecule has 1 amide bonds. The molecule has 0 aliphatic carbocycles. The van der Waals surface area contributed by atoms with Crippen molar-refractivity contribution >= 4 is 44.2 Å². The van der Waals surface area contributed by atoms with Crippen LogP contribution in [0.5, 0.6) is 0 Å².